The molecule has 2 saturated heterocycles. The molecule has 9 heteroatoms. The van der Waals surface area contributed by atoms with Crippen molar-refractivity contribution in [2.75, 3.05) is 20.2 Å². The molecule has 37 heavy (non-hydrogen) atoms. The minimum atomic E-state index is -3.95. The number of rotatable bonds is 6. The number of piperazine rings is 1. The first-order valence-electron chi connectivity index (χ1n) is 12.4. The van der Waals surface area contributed by atoms with Gasteiger partial charge in [0.05, 0.1) is 12.0 Å². The first-order valence-corrected chi connectivity index (χ1v) is 13.9. The molecule has 1 N–H and O–H groups in total. The number of methoxy groups -OCH3 is 1. The Morgan fingerprint density at radius 1 is 1.11 bits per heavy atom. The fraction of sp³-hybridized carbons (Fsp3) is 0.321. The van der Waals surface area contributed by atoms with E-state index in [1.54, 1.807) is 50.7 Å². The van der Waals surface area contributed by atoms with Crippen molar-refractivity contribution in [3.8, 4) is 16.9 Å². The van der Waals surface area contributed by atoms with Gasteiger partial charge in [0.1, 0.15) is 11.3 Å². The summed E-state index contributed by atoms with van der Waals surface area (Å²) in [5.74, 6) is 0.780. The lowest BCUT2D eigenvalue weighted by molar-refractivity contribution is 0.215. The van der Waals surface area contributed by atoms with Gasteiger partial charge in [-0.3, -0.25) is 9.69 Å². The molecule has 192 valence electrons. The summed E-state index contributed by atoms with van der Waals surface area (Å²) in [6, 6.07) is 15.5. The third-order valence-electron chi connectivity index (χ3n) is 7.71. The van der Waals surface area contributed by atoms with Gasteiger partial charge >= 0.3 is 0 Å². The summed E-state index contributed by atoms with van der Waals surface area (Å²) >= 11 is 0. The van der Waals surface area contributed by atoms with Crippen LogP contribution < -0.4 is 15.6 Å². The number of nitrogens with one attached hydrogen (secondary N) is 1. The van der Waals surface area contributed by atoms with Crippen LogP contribution in [0.1, 0.15) is 17.5 Å². The minimum Gasteiger partial charge on any atom is -0.496 e. The molecule has 0 spiro atoms. The molecule has 2 aromatic carbocycles. The van der Waals surface area contributed by atoms with E-state index in [4.69, 9.17) is 4.74 Å². The summed E-state index contributed by atoms with van der Waals surface area (Å²) in [6.07, 6.45) is 4.42. The third kappa shape index (κ3) is 3.98. The normalized spacial score (nSPS) is 19.6. The van der Waals surface area contributed by atoms with E-state index in [1.807, 2.05) is 19.1 Å². The van der Waals surface area contributed by atoms with Crippen LogP contribution in [0.15, 0.2) is 70.6 Å². The molecule has 2 atom stereocenters. The second-order valence-electron chi connectivity index (χ2n) is 10.1. The maximum absolute atomic E-state index is 13.5. The SMILES string of the molecule is COc1cc(-c2cn(C)c(=O)c3c2ccn3S(=O)(=O)c2ccc(C)cc2)ccc1CN1C[C@@H]2C[C@H]1CN2. The summed E-state index contributed by atoms with van der Waals surface area (Å²) in [6.45, 7) is 4.79. The number of hydrogen-bond donors (Lipinski definition) is 1. The highest BCUT2D eigenvalue weighted by Crippen LogP contribution is 2.34. The Morgan fingerprint density at radius 3 is 2.57 bits per heavy atom. The molecule has 2 aliphatic rings. The third-order valence-corrected chi connectivity index (χ3v) is 9.40. The standard InChI is InChI=1S/C28H30N4O4S/c1-18-4-8-23(9-5-18)37(34,35)32-11-10-24-25(17-30(2)28(33)27(24)32)19-6-7-20(26(12-19)36-3)15-31-16-21-13-22(31)14-29-21/h4-12,17,21-22,29H,13-16H2,1-3H3/t21-,22-/m0/s1. The Labute approximate surface area is 216 Å². The van der Waals surface area contributed by atoms with Crippen molar-refractivity contribution < 1.29 is 13.2 Å². The zero-order valence-electron chi connectivity index (χ0n) is 21.1. The summed E-state index contributed by atoms with van der Waals surface area (Å²) in [7, 11) is -0.637. The van der Waals surface area contributed by atoms with Crippen LogP contribution in [0.25, 0.3) is 22.0 Å². The second-order valence-corrected chi connectivity index (χ2v) is 11.9. The van der Waals surface area contributed by atoms with Crippen LogP contribution in [0.2, 0.25) is 0 Å². The van der Waals surface area contributed by atoms with Crippen molar-refractivity contribution in [1.29, 1.82) is 0 Å². The van der Waals surface area contributed by atoms with Crippen LogP contribution in [0.5, 0.6) is 5.75 Å². The molecule has 2 fully saturated rings. The molecule has 4 aromatic rings. The minimum absolute atomic E-state index is 0.129. The van der Waals surface area contributed by atoms with Gasteiger partial charge in [-0.1, -0.05) is 29.8 Å². The monoisotopic (exact) mass is 518 g/mol. The fourth-order valence-electron chi connectivity index (χ4n) is 5.69. The van der Waals surface area contributed by atoms with Crippen LogP contribution in [0.3, 0.4) is 0 Å². The highest BCUT2D eigenvalue weighted by atomic mass is 32.2. The number of aromatic nitrogens is 2. The van der Waals surface area contributed by atoms with Crippen molar-refractivity contribution in [2.45, 2.75) is 36.9 Å². The Hall–Kier alpha value is -3.40. The molecular formula is C28H30N4O4S. The van der Waals surface area contributed by atoms with Crippen molar-refractivity contribution in [3.05, 3.63) is 82.4 Å². The fourth-order valence-corrected chi connectivity index (χ4v) is 7.03. The molecule has 0 saturated carbocycles. The van der Waals surface area contributed by atoms with Gasteiger partial charge in [0.25, 0.3) is 15.6 Å². The average molecular weight is 519 g/mol. The number of aryl methyl sites for hydroxylation is 2. The Balaban J connectivity index is 1.43. The molecule has 4 heterocycles. The maximum Gasteiger partial charge on any atom is 0.275 e. The van der Waals surface area contributed by atoms with Gasteiger partial charge in [-0.15, -0.1) is 0 Å². The average Bonchev–Trinajstić information content (AvgIpc) is 3.63. The van der Waals surface area contributed by atoms with Gasteiger partial charge in [0, 0.05) is 67.7 Å². The number of likely N-dealkylation sites (tertiary alicyclic amines) is 1. The van der Waals surface area contributed by atoms with Crippen molar-refractivity contribution in [3.63, 3.8) is 0 Å². The van der Waals surface area contributed by atoms with E-state index in [0.29, 0.717) is 17.5 Å². The van der Waals surface area contributed by atoms with Gasteiger partial charge in [0.2, 0.25) is 0 Å². The highest BCUT2D eigenvalue weighted by Gasteiger charge is 2.37. The summed E-state index contributed by atoms with van der Waals surface area (Å²) in [4.78, 5) is 15.8. The second kappa shape index (κ2) is 8.86. The zero-order valence-corrected chi connectivity index (χ0v) is 22.0. The number of pyridine rings is 1. The number of nitrogens with zero attached hydrogens (tertiary/aromatic N) is 3. The number of hydrogen-bond acceptors (Lipinski definition) is 6. The molecule has 2 aliphatic heterocycles. The summed E-state index contributed by atoms with van der Waals surface area (Å²) in [5.41, 5.74) is 3.45. The lowest BCUT2D eigenvalue weighted by Gasteiger charge is -2.28. The maximum atomic E-state index is 13.5. The van der Waals surface area contributed by atoms with Crippen LogP contribution >= 0.6 is 0 Å². The van der Waals surface area contributed by atoms with E-state index in [1.165, 1.54) is 17.2 Å². The molecule has 0 radical (unpaired) electrons. The van der Waals surface area contributed by atoms with E-state index >= 15 is 0 Å². The van der Waals surface area contributed by atoms with Crippen LogP contribution in [-0.4, -0.2) is 54.1 Å². The topological polar surface area (TPSA) is 85.6 Å². The van der Waals surface area contributed by atoms with Crippen LogP contribution in [-0.2, 0) is 23.6 Å². The molecule has 6 rings (SSSR count). The highest BCUT2D eigenvalue weighted by molar-refractivity contribution is 7.90. The number of ether oxygens (including phenoxy) is 1. The summed E-state index contributed by atoms with van der Waals surface area (Å²) in [5, 5.41) is 4.12. The lowest BCUT2D eigenvalue weighted by Crippen LogP contribution is -2.43. The first-order chi connectivity index (χ1) is 17.8. The Morgan fingerprint density at radius 2 is 1.89 bits per heavy atom. The predicted octanol–water partition coefficient (Wildman–Crippen LogP) is 3.11. The molecule has 0 amide bonds. The Kier molecular flexibility index (Phi) is 5.74. The van der Waals surface area contributed by atoms with Gasteiger partial charge < -0.3 is 14.6 Å². The van der Waals surface area contributed by atoms with Gasteiger partial charge in [-0.25, -0.2) is 12.4 Å². The molecular weight excluding hydrogens is 488 g/mol. The molecule has 2 bridgehead atoms. The van der Waals surface area contributed by atoms with Crippen molar-refractivity contribution in [2.24, 2.45) is 7.05 Å². The number of benzene rings is 2. The first kappa shape index (κ1) is 24.0. The zero-order chi connectivity index (χ0) is 25.9. The van der Waals surface area contributed by atoms with E-state index in [-0.39, 0.29) is 16.0 Å². The summed E-state index contributed by atoms with van der Waals surface area (Å²) < 4.78 is 35.3. The smallest absolute Gasteiger partial charge is 0.275 e. The van der Waals surface area contributed by atoms with E-state index in [2.05, 4.69) is 16.3 Å². The molecule has 2 aromatic heterocycles. The molecule has 8 nitrogen and oxygen atoms in total. The quantitative estimate of drug-likeness (QED) is 0.422. The molecule has 0 unspecified atom stereocenters. The van der Waals surface area contributed by atoms with E-state index in [9.17, 15) is 13.2 Å². The number of fused-ring (bicyclic) bond motifs is 3. The predicted molar refractivity (Wildman–Crippen MR) is 144 cm³/mol. The van der Waals surface area contributed by atoms with Crippen LogP contribution in [0, 0.1) is 6.92 Å². The van der Waals surface area contributed by atoms with Crippen molar-refractivity contribution in [1.82, 2.24) is 18.8 Å². The van der Waals surface area contributed by atoms with E-state index in [0.717, 1.165) is 51.6 Å². The van der Waals surface area contributed by atoms with Gasteiger partial charge in [-0.05, 0) is 43.2 Å². The molecule has 0 aliphatic carbocycles. The lowest BCUT2D eigenvalue weighted by atomic mass is 10.0. The van der Waals surface area contributed by atoms with E-state index < -0.39 is 10.0 Å². The van der Waals surface area contributed by atoms with Gasteiger partial charge in [0.15, 0.2) is 0 Å². The van der Waals surface area contributed by atoms with Gasteiger partial charge in [-0.2, -0.15) is 0 Å². The Bertz CT molecular complexity index is 1670. The van der Waals surface area contributed by atoms with Crippen LogP contribution in [0.4, 0.5) is 0 Å². The largest absolute Gasteiger partial charge is 0.496 e. The van der Waals surface area contributed by atoms with Crippen molar-refractivity contribution >= 4 is 20.9 Å².